The average Bonchev–Trinajstić information content (AvgIpc) is 2.74. The lowest BCUT2D eigenvalue weighted by molar-refractivity contribution is -0.138. The average molecular weight is 211 g/mol. The summed E-state index contributed by atoms with van der Waals surface area (Å²) in [4.78, 5) is 13.2. The molecule has 3 heteroatoms. The zero-order valence-corrected chi connectivity index (χ0v) is 9.48. The SMILES string of the molecule is CN1CCC(CC(=O)O)C1C1CCCC1. The Morgan fingerprint density at radius 2 is 2.00 bits per heavy atom. The summed E-state index contributed by atoms with van der Waals surface area (Å²) in [5, 5.41) is 8.90. The van der Waals surface area contributed by atoms with Crippen molar-refractivity contribution in [2.45, 2.75) is 44.6 Å². The lowest BCUT2D eigenvalue weighted by atomic mass is 9.86. The molecule has 3 nitrogen and oxygen atoms in total. The highest BCUT2D eigenvalue weighted by Crippen LogP contribution is 2.38. The van der Waals surface area contributed by atoms with Crippen LogP contribution >= 0.6 is 0 Å². The zero-order valence-electron chi connectivity index (χ0n) is 9.48. The summed E-state index contributed by atoms with van der Waals surface area (Å²) in [5.74, 6) is 0.538. The number of hydrogen-bond acceptors (Lipinski definition) is 2. The number of aliphatic carboxylic acids is 1. The first-order valence-electron chi connectivity index (χ1n) is 6.10. The summed E-state index contributed by atoms with van der Waals surface area (Å²) in [6, 6.07) is 0.545. The predicted molar refractivity (Wildman–Crippen MR) is 58.7 cm³/mol. The topological polar surface area (TPSA) is 40.5 Å². The number of carboxylic acid groups (broad SMARTS) is 1. The number of likely N-dealkylation sites (tertiary alicyclic amines) is 1. The van der Waals surface area contributed by atoms with E-state index in [1.165, 1.54) is 25.7 Å². The van der Waals surface area contributed by atoms with E-state index in [2.05, 4.69) is 11.9 Å². The maximum atomic E-state index is 10.8. The fourth-order valence-corrected chi connectivity index (χ4v) is 3.54. The highest BCUT2D eigenvalue weighted by molar-refractivity contribution is 5.67. The lowest BCUT2D eigenvalue weighted by Gasteiger charge is -2.30. The maximum absolute atomic E-state index is 10.8. The van der Waals surface area contributed by atoms with E-state index in [1.54, 1.807) is 0 Å². The van der Waals surface area contributed by atoms with Crippen molar-refractivity contribution >= 4 is 5.97 Å². The Kier molecular flexibility index (Phi) is 3.29. The third-order valence-electron chi connectivity index (χ3n) is 4.16. The molecule has 2 unspecified atom stereocenters. The number of carboxylic acids is 1. The molecule has 2 atom stereocenters. The second kappa shape index (κ2) is 4.52. The van der Waals surface area contributed by atoms with Gasteiger partial charge in [-0.05, 0) is 44.7 Å². The van der Waals surface area contributed by atoms with E-state index in [1.807, 2.05) is 0 Å². The number of carbonyl (C=O) groups is 1. The molecule has 1 aliphatic carbocycles. The Morgan fingerprint density at radius 1 is 1.33 bits per heavy atom. The molecule has 1 heterocycles. The van der Waals surface area contributed by atoms with Crippen LogP contribution in [0.15, 0.2) is 0 Å². The van der Waals surface area contributed by atoms with Gasteiger partial charge in [0.2, 0.25) is 0 Å². The smallest absolute Gasteiger partial charge is 0.303 e. The first-order valence-corrected chi connectivity index (χ1v) is 6.10. The van der Waals surface area contributed by atoms with Crippen LogP contribution in [0.25, 0.3) is 0 Å². The van der Waals surface area contributed by atoms with Crippen molar-refractivity contribution in [1.29, 1.82) is 0 Å². The van der Waals surface area contributed by atoms with Crippen LogP contribution in [-0.4, -0.2) is 35.6 Å². The first-order chi connectivity index (χ1) is 7.18. The van der Waals surface area contributed by atoms with E-state index in [-0.39, 0.29) is 0 Å². The fourth-order valence-electron chi connectivity index (χ4n) is 3.54. The predicted octanol–water partition coefficient (Wildman–Crippen LogP) is 1.97. The van der Waals surface area contributed by atoms with Crippen LogP contribution in [0.2, 0.25) is 0 Å². The molecule has 0 aromatic rings. The van der Waals surface area contributed by atoms with Crippen molar-refractivity contribution in [2.75, 3.05) is 13.6 Å². The van der Waals surface area contributed by atoms with E-state index in [0.29, 0.717) is 18.4 Å². The van der Waals surface area contributed by atoms with Crippen molar-refractivity contribution in [3.8, 4) is 0 Å². The monoisotopic (exact) mass is 211 g/mol. The molecule has 1 saturated carbocycles. The first kappa shape index (κ1) is 10.9. The minimum Gasteiger partial charge on any atom is -0.481 e. The van der Waals surface area contributed by atoms with Gasteiger partial charge in [0, 0.05) is 12.5 Å². The van der Waals surface area contributed by atoms with Crippen LogP contribution in [0.4, 0.5) is 0 Å². The van der Waals surface area contributed by atoms with Gasteiger partial charge in [0.15, 0.2) is 0 Å². The normalized spacial score (nSPS) is 33.7. The van der Waals surface area contributed by atoms with Gasteiger partial charge in [-0.25, -0.2) is 0 Å². The third kappa shape index (κ3) is 2.33. The van der Waals surface area contributed by atoms with Gasteiger partial charge in [-0.1, -0.05) is 12.8 Å². The van der Waals surface area contributed by atoms with E-state index >= 15 is 0 Å². The van der Waals surface area contributed by atoms with Gasteiger partial charge < -0.3 is 10.0 Å². The van der Waals surface area contributed by atoms with Gasteiger partial charge in [-0.3, -0.25) is 4.79 Å². The van der Waals surface area contributed by atoms with Crippen molar-refractivity contribution in [3.63, 3.8) is 0 Å². The van der Waals surface area contributed by atoms with Gasteiger partial charge in [0.25, 0.3) is 0 Å². The molecule has 0 bridgehead atoms. The number of rotatable bonds is 3. The molecule has 86 valence electrons. The molecule has 1 aliphatic heterocycles. The molecule has 15 heavy (non-hydrogen) atoms. The second-order valence-electron chi connectivity index (χ2n) is 5.16. The van der Waals surface area contributed by atoms with Gasteiger partial charge in [0.05, 0.1) is 0 Å². The molecule has 2 aliphatic rings. The maximum Gasteiger partial charge on any atom is 0.303 e. The summed E-state index contributed by atoms with van der Waals surface area (Å²) in [5.41, 5.74) is 0. The Bertz CT molecular complexity index is 236. The van der Waals surface area contributed by atoms with Gasteiger partial charge in [-0.15, -0.1) is 0 Å². The van der Waals surface area contributed by atoms with E-state index < -0.39 is 5.97 Å². The molecule has 1 saturated heterocycles. The quantitative estimate of drug-likeness (QED) is 0.776. The Morgan fingerprint density at radius 3 is 2.60 bits per heavy atom. The summed E-state index contributed by atoms with van der Waals surface area (Å²) < 4.78 is 0. The summed E-state index contributed by atoms with van der Waals surface area (Å²) in [7, 11) is 2.16. The zero-order chi connectivity index (χ0) is 10.8. The van der Waals surface area contributed by atoms with Crippen LogP contribution in [0.5, 0.6) is 0 Å². The van der Waals surface area contributed by atoms with Crippen LogP contribution in [0, 0.1) is 11.8 Å². The highest BCUT2D eigenvalue weighted by atomic mass is 16.4. The van der Waals surface area contributed by atoms with Crippen LogP contribution in [-0.2, 0) is 4.79 Å². The van der Waals surface area contributed by atoms with Gasteiger partial charge in [-0.2, -0.15) is 0 Å². The molecule has 2 fully saturated rings. The molecule has 0 spiro atoms. The molecule has 0 radical (unpaired) electrons. The summed E-state index contributed by atoms with van der Waals surface area (Å²) in [6.07, 6.45) is 6.75. The Labute approximate surface area is 91.5 Å². The standard InChI is InChI=1S/C12H21NO2/c1-13-7-6-10(8-11(14)15)12(13)9-4-2-3-5-9/h9-10,12H,2-8H2,1H3,(H,14,15). The molecule has 0 aromatic carbocycles. The highest BCUT2D eigenvalue weighted by Gasteiger charge is 2.39. The summed E-state index contributed by atoms with van der Waals surface area (Å²) in [6.45, 7) is 1.08. The van der Waals surface area contributed by atoms with Crippen molar-refractivity contribution in [3.05, 3.63) is 0 Å². The number of hydrogen-bond donors (Lipinski definition) is 1. The second-order valence-corrected chi connectivity index (χ2v) is 5.16. The fraction of sp³-hybridized carbons (Fsp3) is 0.917. The van der Waals surface area contributed by atoms with Crippen molar-refractivity contribution in [1.82, 2.24) is 4.90 Å². The van der Waals surface area contributed by atoms with Crippen molar-refractivity contribution < 1.29 is 9.90 Å². The van der Waals surface area contributed by atoms with Gasteiger partial charge >= 0.3 is 5.97 Å². The van der Waals surface area contributed by atoms with E-state index in [0.717, 1.165) is 18.9 Å². The Balaban J connectivity index is 2.00. The van der Waals surface area contributed by atoms with E-state index in [9.17, 15) is 4.79 Å². The molecule has 0 amide bonds. The molecule has 1 N–H and O–H groups in total. The van der Waals surface area contributed by atoms with E-state index in [4.69, 9.17) is 5.11 Å². The lowest BCUT2D eigenvalue weighted by Crippen LogP contribution is -2.36. The third-order valence-corrected chi connectivity index (χ3v) is 4.16. The van der Waals surface area contributed by atoms with Crippen LogP contribution in [0.3, 0.4) is 0 Å². The molecule has 2 rings (SSSR count). The molecular weight excluding hydrogens is 190 g/mol. The Hall–Kier alpha value is -0.570. The van der Waals surface area contributed by atoms with Crippen LogP contribution < -0.4 is 0 Å². The van der Waals surface area contributed by atoms with Gasteiger partial charge in [0.1, 0.15) is 0 Å². The number of nitrogens with zero attached hydrogens (tertiary/aromatic N) is 1. The largest absolute Gasteiger partial charge is 0.481 e. The molecular formula is C12H21NO2. The minimum atomic E-state index is -0.627. The van der Waals surface area contributed by atoms with Crippen LogP contribution in [0.1, 0.15) is 38.5 Å². The minimum absolute atomic E-state index is 0.367. The summed E-state index contributed by atoms with van der Waals surface area (Å²) >= 11 is 0. The molecule has 0 aromatic heterocycles. The van der Waals surface area contributed by atoms with Crippen molar-refractivity contribution in [2.24, 2.45) is 11.8 Å².